The molecule has 0 bridgehead atoms. The molecule has 0 aliphatic carbocycles. The largest absolute Gasteiger partial charge is 0.356 e. The molecular formula is C19H20N4OS2. The van der Waals surface area contributed by atoms with Gasteiger partial charge in [0, 0.05) is 13.1 Å². The maximum atomic E-state index is 12.0. The first-order chi connectivity index (χ1) is 12.7. The maximum Gasteiger partial charge on any atom is 0.230 e. The van der Waals surface area contributed by atoms with Gasteiger partial charge in [-0.15, -0.1) is 10.2 Å². The SMILES string of the molecule is Cc1ccccc1CNC(=O)CSc1nnc(NCc2ccccc2)s1. The number of hydrogen-bond donors (Lipinski definition) is 2. The zero-order valence-electron chi connectivity index (χ0n) is 14.4. The fourth-order valence-electron chi connectivity index (χ4n) is 2.29. The van der Waals surface area contributed by atoms with E-state index in [2.05, 4.69) is 33.0 Å². The fourth-order valence-corrected chi connectivity index (χ4v) is 3.87. The maximum absolute atomic E-state index is 12.0. The Bertz CT molecular complexity index is 852. The third-order valence-corrected chi connectivity index (χ3v) is 5.77. The molecule has 0 spiro atoms. The average molecular weight is 385 g/mol. The van der Waals surface area contributed by atoms with Crippen LogP contribution in [0, 0.1) is 6.92 Å². The number of anilines is 1. The predicted molar refractivity (Wildman–Crippen MR) is 107 cm³/mol. The van der Waals surface area contributed by atoms with Crippen LogP contribution in [-0.2, 0) is 17.9 Å². The Morgan fingerprint density at radius 3 is 2.62 bits per heavy atom. The topological polar surface area (TPSA) is 66.9 Å². The van der Waals surface area contributed by atoms with Crippen molar-refractivity contribution in [3.63, 3.8) is 0 Å². The minimum absolute atomic E-state index is 0.00718. The van der Waals surface area contributed by atoms with Crippen LogP contribution in [0.5, 0.6) is 0 Å². The molecule has 26 heavy (non-hydrogen) atoms. The molecule has 0 atom stereocenters. The number of aromatic nitrogens is 2. The Kier molecular flexibility index (Phi) is 6.62. The first-order valence-corrected chi connectivity index (χ1v) is 10.1. The number of hydrogen-bond acceptors (Lipinski definition) is 6. The van der Waals surface area contributed by atoms with Gasteiger partial charge in [-0.1, -0.05) is 77.7 Å². The van der Waals surface area contributed by atoms with Crippen LogP contribution >= 0.6 is 23.1 Å². The van der Waals surface area contributed by atoms with E-state index in [0.717, 1.165) is 15.0 Å². The quantitative estimate of drug-likeness (QED) is 0.577. The number of rotatable bonds is 8. The van der Waals surface area contributed by atoms with Crippen LogP contribution in [-0.4, -0.2) is 21.9 Å². The summed E-state index contributed by atoms with van der Waals surface area (Å²) in [6, 6.07) is 18.2. The number of benzene rings is 2. The van der Waals surface area contributed by atoms with Crippen molar-refractivity contribution in [1.29, 1.82) is 0 Å². The monoisotopic (exact) mass is 384 g/mol. The van der Waals surface area contributed by atoms with Crippen molar-refractivity contribution in [2.75, 3.05) is 11.1 Å². The van der Waals surface area contributed by atoms with E-state index >= 15 is 0 Å². The van der Waals surface area contributed by atoms with Crippen LogP contribution in [0.2, 0.25) is 0 Å². The highest BCUT2D eigenvalue weighted by atomic mass is 32.2. The molecule has 134 valence electrons. The van der Waals surface area contributed by atoms with Crippen LogP contribution in [0.25, 0.3) is 0 Å². The van der Waals surface area contributed by atoms with Crippen LogP contribution in [0.15, 0.2) is 58.9 Å². The van der Waals surface area contributed by atoms with Gasteiger partial charge in [0.25, 0.3) is 0 Å². The third-order valence-electron chi connectivity index (χ3n) is 3.76. The van der Waals surface area contributed by atoms with Crippen molar-refractivity contribution in [1.82, 2.24) is 15.5 Å². The van der Waals surface area contributed by atoms with Gasteiger partial charge in [-0.25, -0.2) is 0 Å². The molecule has 5 nitrogen and oxygen atoms in total. The molecule has 0 radical (unpaired) electrons. The van der Waals surface area contributed by atoms with Gasteiger partial charge in [-0.2, -0.15) is 0 Å². The lowest BCUT2D eigenvalue weighted by atomic mass is 10.1. The number of aryl methyl sites for hydroxylation is 1. The van der Waals surface area contributed by atoms with E-state index in [0.29, 0.717) is 18.8 Å². The summed E-state index contributed by atoms with van der Waals surface area (Å²) >= 11 is 2.86. The molecule has 0 fully saturated rings. The summed E-state index contributed by atoms with van der Waals surface area (Å²) in [6.45, 7) is 3.30. The smallest absolute Gasteiger partial charge is 0.230 e. The number of nitrogens with one attached hydrogen (secondary N) is 2. The second-order valence-electron chi connectivity index (χ2n) is 5.70. The molecule has 0 unspecified atom stereocenters. The number of thioether (sulfide) groups is 1. The van der Waals surface area contributed by atoms with Gasteiger partial charge in [0.15, 0.2) is 4.34 Å². The summed E-state index contributed by atoms with van der Waals surface area (Å²) in [5.41, 5.74) is 3.50. The summed E-state index contributed by atoms with van der Waals surface area (Å²) in [5, 5.41) is 15.2. The number of carbonyl (C=O) groups is 1. The van der Waals surface area contributed by atoms with Gasteiger partial charge in [0.1, 0.15) is 0 Å². The van der Waals surface area contributed by atoms with E-state index in [1.165, 1.54) is 34.2 Å². The van der Waals surface area contributed by atoms with Crippen molar-refractivity contribution in [2.45, 2.75) is 24.4 Å². The molecule has 0 saturated heterocycles. The first-order valence-electron chi connectivity index (χ1n) is 8.26. The molecule has 1 amide bonds. The number of amides is 1. The van der Waals surface area contributed by atoms with Crippen molar-refractivity contribution in [3.8, 4) is 0 Å². The highest BCUT2D eigenvalue weighted by molar-refractivity contribution is 8.01. The zero-order chi connectivity index (χ0) is 18.2. The summed E-state index contributed by atoms with van der Waals surface area (Å²) in [7, 11) is 0. The predicted octanol–water partition coefficient (Wildman–Crippen LogP) is 3.87. The summed E-state index contributed by atoms with van der Waals surface area (Å²) < 4.78 is 0.784. The fraction of sp³-hybridized carbons (Fsp3) is 0.211. The Morgan fingerprint density at radius 1 is 1.04 bits per heavy atom. The lowest BCUT2D eigenvalue weighted by Crippen LogP contribution is -2.24. The second-order valence-corrected chi connectivity index (χ2v) is 7.90. The summed E-state index contributed by atoms with van der Waals surface area (Å²) in [4.78, 5) is 12.0. The highest BCUT2D eigenvalue weighted by Gasteiger charge is 2.08. The molecule has 0 saturated carbocycles. The van der Waals surface area contributed by atoms with Crippen LogP contribution < -0.4 is 10.6 Å². The Hall–Kier alpha value is -2.38. The average Bonchev–Trinajstić information content (AvgIpc) is 3.13. The molecule has 2 aromatic carbocycles. The highest BCUT2D eigenvalue weighted by Crippen LogP contribution is 2.25. The Balaban J connectivity index is 1.41. The molecule has 7 heteroatoms. The standard InChI is InChI=1S/C19H20N4OS2/c1-14-7-5-6-10-16(14)12-20-17(24)13-25-19-23-22-18(26-19)21-11-15-8-3-2-4-9-15/h2-10H,11-13H2,1H3,(H,20,24)(H,21,22). The minimum atomic E-state index is -0.00718. The van der Waals surface area contributed by atoms with Gasteiger partial charge >= 0.3 is 0 Å². The van der Waals surface area contributed by atoms with Gasteiger partial charge in [0.05, 0.1) is 5.75 Å². The van der Waals surface area contributed by atoms with Gasteiger partial charge in [0.2, 0.25) is 11.0 Å². The Morgan fingerprint density at radius 2 is 1.81 bits per heavy atom. The molecule has 1 heterocycles. The minimum Gasteiger partial charge on any atom is -0.356 e. The molecule has 3 rings (SSSR count). The van der Waals surface area contributed by atoms with E-state index in [-0.39, 0.29) is 5.91 Å². The summed E-state index contributed by atoms with van der Waals surface area (Å²) in [6.07, 6.45) is 0. The molecular weight excluding hydrogens is 364 g/mol. The van der Waals surface area contributed by atoms with Gasteiger partial charge in [-0.05, 0) is 23.6 Å². The normalized spacial score (nSPS) is 10.5. The van der Waals surface area contributed by atoms with Crippen molar-refractivity contribution in [3.05, 3.63) is 71.3 Å². The van der Waals surface area contributed by atoms with E-state index in [9.17, 15) is 4.79 Å². The second kappa shape index (κ2) is 9.35. The lowest BCUT2D eigenvalue weighted by molar-refractivity contribution is -0.118. The number of nitrogens with zero attached hydrogens (tertiary/aromatic N) is 2. The lowest BCUT2D eigenvalue weighted by Gasteiger charge is -2.07. The molecule has 0 aliphatic heterocycles. The first kappa shape index (κ1) is 18.4. The van der Waals surface area contributed by atoms with Crippen molar-refractivity contribution < 1.29 is 4.79 Å². The molecule has 1 aromatic heterocycles. The van der Waals surface area contributed by atoms with Crippen LogP contribution in [0.1, 0.15) is 16.7 Å². The molecule has 0 aliphatic rings. The zero-order valence-corrected chi connectivity index (χ0v) is 16.1. The third kappa shape index (κ3) is 5.57. The van der Waals surface area contributed by atoms with Crippen LogP contribution in [0.3, 0.4) is 0 Å². The van der Waals surface area contributed by atoms with E-state index in [4.69, 9.17) is 0 Å². The van der Waals surface area contributed by atoms with E-state index < -0.39 is 0 Å². The van der Waals surface area contributed by atoms with Gasteiger partial charge < -0.3 is 10.6 Å². The molecule has 2 N–H and O–H groups in total. The van der Waals surface area contributed by atoms with Gasteiger partial charge in [-0.3, -0.25) is 4.79 Å². The molecule has 3 aromatic rings. The van der Waals surface area contributed by atoms with E-state index in [1.807, 2.05) is 49.4 Å². The summed E-state index contributed by atoms with van der Waals surface area (Å²) in [5.74, 6) is 0.325. The van der Waals surface area contributed by atoms with Crippen molar-refractivity contribution >= 4 is 34.1 Å². The number of carbonyl (C=O) groups excluding carboxylic acids is 1. The van der Waals surface area contributed by atoms with Crippen LogP contribution in [0.4, 0.5) is 5.13 Å². The van der Waals surface area contributed by atoms with E-state index in [1.54, 1.807) is 0 Å². The Labute approximate surface area is 161 Å². The van der Waals surface area contributed by atoms with Crippen molar-refractivity contribution in [2.24, 2.45) is 0 Å².